The van der Waals surface area contributed by atoms with Crippen molar-refractivity contribution in [1.29, 1.82) is 0 Å². The molecular formula is C19H32N4O. The van der Waals surface area contributed by atoms with Crippen molar-refractivity contribution in [1.82, 2.24) is 15.6 Å². The van der Waals surface area contributed by atoms with Crippen LogP contribution in [0.2, 0.25) is 0 Å². The molecule has 1 fully saturated rings. The number of aliphatic imine (C=N–C) groups is 1. The van der Waals surface area contributed by atoms with Crippen LogP contribution in [-0.2, 0) is 11.3 Å². The van der Waals surface area contributed by atoms with Crippen molar-refractivity contribution in [3.8, 4) is 0 Å². The molecule has 0 aromatic carbocycles. The second kappa shape index (κ2) is 8.47. The third-order valence-electron chi connectivity index (χ3n) is 5.55. The molecule has 2 atom stereocenters. The van der Waals surface area contributed by atoms with Gasteiger partial charge in [-0.1, -0.05) is 19.9 Å². The minimum Gasteiger partial charge on any atom is -0.378 e. The van der Waals surface area contributed by atoms with Gasteiger partial charge in [0, 0.05) is 31.3 Å². The Balaban J connectivity index is 1.97. The van der Waals surface area contributed by atoms with E-state index >= 15 is 0 Å². The summed E-state index contributed by atoms with van der Waals surface area (Å²) in [5, 5.41) is 7.00. The lowest BCUT2D eigenvalue weighted by molar-refractivity contribution is -0.133. The molecule has 5 heteroatoms. The van der Waals surface area contributed by atoms with E-state index in [1.807, 2.05) is 19.3 Å². The molecule has 2 N–H and O–H groups in total. The quantitative estimate of drug-likeness (QED) is 0.595. The number of aryl methyl sites for hydroxylation is 1. The average Bonchev–Trinajstić information content (AvgIpc) is 2.59. The van der Waals surface area contributed by atoms with Crippen LogP contribution in [0, 0.1) is 12.3 Å². The topological polar surface area (TPSA) is 58.5 Å². The van der Waals surface area contributed by atoms with Crippen LogP contribution in [-0.4, -0.2) is 36.7 Å². The zero-order valence-electron chi connectivity index (χ0n) is 15.7. The van der Waals surface area contributed by atoms with Gasteiger partial charge in [0.15, 0.2) is 5.96 Å². The summed E-state index contributed by atoms with van der Waals surface area (Å²) in [5.74, 6) is 0.839. The van der Waals surface area contributed by atoms with Crippen LogP contribution < -0.4 is 10.6 Å². The Labute approximate surface area is 146 Å². The lowest BCUT2D eigenvalue weighted by atomic mass is 9.58. The fourth-order valence-electron chi connectivity index (χ4n) is 3.81. The minimum absolute atomic E-state index is 0.203. The molecule has 1 aliphatic rings. The van der Waals surface area contributed by atoms with Gasteiger partial charge in [0.05, 0.1) is 18.3 Å². The Bertz CT molecular complexity index is 554. The molecule has 0 spiro atoms. The fourth-order valence-corrected chi connectivity index (χ4v) is 3.81. The number of ether oxygens (including phenoxy) is 1. The van der Waals surface area contributed by atoms with Crippen molar-refractivity contribution in [2.75, 3.05) is 13.7 Å². The standard InChI is InChI=1S/C19H32N4O/c1-6-19(7-2)16(12-17(19)24-8-3)23-18(20-5)22-13-15-14(4)10-9-11-21-15/h9-11,16-17H,6-8,12-13H2,1-5H3,(H2,20,22,23). The predicted molar refractivity (Wildman–Crippen MR) is 99.1 cm³/mol. The number of hydrogen-bond donors (Lipinski definition) is 2. The van der Waals surface area contributed by atoms with Crippen molar-refractivity contribution in [2.24, 2.45) is 10.4 Å². The van der Waals surface area contributed by atoms with E-state index < -0.39 is 0 Å². The van der Waals surface area contributed by atoms with E-state index in [1.54, 1.807) is 0 Å². The maximum absolute atomic E-state index is 5.96. The number of pyridine rings is 1. The molecule has 1 aromatic heterocycles. The van der Waals surface area contributed by atoms with Gasteiger partial charge >= 0.3 is 0 Å². The summed E-state index contributed by atoms with van der Waals surface area (Å²) < 4.78 is 5.96. The Kier molecular flexibility index (Phi) is 6.60. The average molecular weight is 332 g/mol. The van der Waals surface area contributed by atoms with Crippen molar-refractivity contribution < 1.29 is 4.74 Å². The highest BCUT2D eigenvalue weighted by Gasteiger charge is 2.53. The van der Waals surface area contributed by atoms with E-state index in [0.717, 1.165) is 37.5 Å². The molecule has 134 valence electrons. The van der Waals surface area contributed by atoms with Gasteiger partial charge in [-0.25, -0.2) is 0 Å². The highest BCUT2D eigenvalue weighted by Crippen LogP contribution is 2.48. The van der Waals surface area contributed by atoms with E-state index in [9.17, 15) is 0 Å². The van der Waals surface area contributed by atoms with Crippen LogP contribution in [0.3, 0.4) is 0 Å². The summed E-state index contributed by atoms with van der Waals surface area (Å²) in [7, 11) is 1.82. The zero-order chi connectivity index (χ0) is 17.6. The summed E-state index contributed by atoms with van der Waals surface area (Å²) in [5.41, 5.74) is 2.45. The molecule has 0 radical (unpaired) electrons. The summed E-state index contributed by atoms with van der Waals surface area (Å²) in [6, 6.07) is 4.45. The summed E-state index contributed by atoms with van der Waals surface area (Å²) in [6.45, 7) is 10.1. The normalized spacial score (nSPS) is 22.8. The fraction of sp³-hybridized carbons (Fsp3) is 0.684. The highest BCUT2D eigenvalue weighted by atomic mass is 16.5. The molecule has 24 heavy (non-hydrogen) atoms. The first-order valence-electron chi connectivity index (χ1n) is 9.10. The predicted octanol–water partition coefficient (Wildman–Crippen LogP) is 3.04. The Hall–Kier alpha value is -1.62. The Morgan fingerprint density at radius 3 is 2.71 bits per heavy atom. The smallest absolute Gasteiger partial charge is 0.191 e. The van der Waals surface area contributed by atoms with Crippen LogP contribution >= 0.6 is 0 Å². The molecule has 1 aliphatic carbocycles. The first-order valence-corrected chi connectivity index (χ1v) is 9.10. The van der Waals surface area contributed by atoms with Gasteiger partial charge in [0.1, 0.15) is 0 Å². The number of rotatable bonds is 7. The maximum Gasteiger partial charge on any atom is 0.191 e. The van der Waals surface area contributed by atoms with Crippen LogP contribution in [0.4, 0.5) is 0 Å². The Morgan fingerprint density at radius 1 is 1.38 bits per heavy atom. The molecule has 2 unspecified atom stereocenters. The molecule has 0 amide bonds. The molecule has 0 aliphatic heterocycles. The maximum atomic E-state index is 5.96. The van der Waals surface area contributed by atoms with Crippen LogP contribution in [0.25, 0.3) is 0 Å². The first kappa shape index (κ1) is 18.7. The largest absolute Gasteiger partial charge is 0.378 e. The van der Waals surface area contributed by atoms with Gasteiger partial charge in [-0.3, -0.25) is 9.98 Å². The summed E-state index contributed by atoms with van der Waals surface area (Å²) in [4.78, 5) is 8.82. The lowest BCUT2D eigenvalue weighted by Crippen LogP contribution is -2.65. The monoisotopic (exact) mass is 332 g/mol. The summed E-state index contributed by atoms with van der Waals surface area (Å²) >= 11 is 0. The highest BCUT2D eigenvalue weighted by molar-refractivity contribution is 5.80. The number of guanidine groups is 1. The van der Waals surface area contributed by atoms with Crippen LogP contribution in [0.15, 0.2) is 23.3 Å². The van der Waals surface area contributed by atoms with Crippen LogP contribution in [0.1, 0.15) is 51.3 Å². The van der Waals surface area contributed by atoms with Gasteiger partial charge < -0.3 is 15.4 Å². The second-order valence-electron chi connectivity index (χ2n) is 6.51. The zero-order valence-corrected chi connectivity index (χ0v) is 15.7. The molecule has 5 nitrogen and oxygen atoms in total. The van der Waals surface area contributed by atoms with Crippen LogP contribution in [0.5, 0.6) is 0 Å². The van der Waals surface area contributed by atoms with Gasteiger partial charge in [0.2, 0.25) is 0 Å². The second-order valence-corrected chi connectivity index (χ2v) is 6.51. The van der Waals surface area contributed by atoms with Crippen molar-refractivity contribution >= 4 is 5.96 Å². The molecule has 0 bridgehead atoms. The Morgan fingerprint density at radius 2 is 2.12 bits per heavy atom. The third-order valence-corrected chi connectivity index (χ3v) is 5.55. The molecular weight excluding hydrogens is 300 g/mol. The molecule has 0 saturated heterocycles. The number of nitrogens with one attached hydrogen (secondary N) is 2. The minimum atomic E-state index is 0.203. The lowest BCUT2D eigenvalue weighted by Gasteiger charge is -2.55. The number of aromatic nitrogens is 1. The SMILES string of the molecule is CCOC1CC(NC(=NC)NCc2ncccc2C)C1(CC)CC. The van der Waals surface area contributed by atoms with E-state index in [4.69, 9.17) is 4.74 Å². The van der Waals surface area contributed by atoms with Gasteiger partial charge in [-0.2, -0.15) is 0 Å². The van der Waals surface area contributed by atoms with Gasteiger partial charge in [-0.05, 0) is 44.7 Å². The van der Waals surface area contributed by atoms with E-state index in [-0.39, 0.29) is 5.41 Å². The molecule has 2 rings (SSSR count). The van der Waals surface area contributed by atoms with Gasteiger partial charge in [-0.15, -0.1) is 0 Å². The first-order chi connectivity index (χ1) is 11.6. The number of hydrogen-bond acceptors (Lipinski definition) is 3. The van der Waals surface area contributed by atoms with Crippen molar-refractivity contribution in [2.45, 2.75) is 65.6 Å². The van der Waals surface area contributed by atoms with Crippen molar-refractivity contribution in [3.63, 3.8) is 0 Å². The molecule has 1 saturated carbocycles. The van der Waals surface area contributed by atoms with E-state index in [2.05, 4.69) is 54.4 Å². The van der Waals surface area contributed by atoms with Gasteiger partial charge in [0.25, 0.3) is 0 Å². The van der Waals surface area contributed by atoms with E-state index in [1.165, 1.54) is 5.56 Å². The number of nitrogens with zero attached hydrogens (tertiary/aromatic N) is 2. The summed E-state index contributed by atoms with van der Waals surface area (Å²) in [6.07, 6.45) is 5.45. The van der Waals surface area contributed by atoms with E-state index in [0.29, 0.717) is 18.7 Å². The molecule has 1 aromatic rings. The van der Waals surface area contributed by atoms with Crippen molar-refractivity contribution in [3.05, 3.63) is 29.6 Å². The third kappa shape index (κ3) is 3.72. The molecule has 1 heterocycles.